The molecule has 2 aromatic carbocycles. The number of benzene rings is 2. The number of hydrogen-bond acceptors (Lipinski definition) is 5. The van der Waals surface area contributed by atoms with Gasteiger partial charge in [-0.05, 0) is 42.5 Å². The highest BCUT2D eigenvalue weighted by atomic mass is 35.5. The molecule has 3 aromatic rings. The summed E-state index contributed by atoms with van der Waals surface area (Å²) in [6.07, 6.45) is 1.29. The van der Waals surface area contributed by atoms with Crippen LogP contribution in [0.5, 0.6) is 11.5 Å². The summed E-state index contributed by atoms with van der Waals surface area (Å²) in [7, 11) is 0. The van der Waals surface area contributed by atoms with Gasteiger partial charge in [0.05, 0.1) is 5.02 Å². The quantitative estimate of drug-likeness (QED) is 0.612. The van der Waals surface area contributed by atoms with Crippen molar-refractivity contribution in [2.24, 2.45) is 0 Å². The molecule has 0 bridgehead atoms. The van der Waals surface area contributed by atoms with Crippen molar-refractivity contribution in [2.75, 3.05) is 13.2 Å². The van der Waals surface area contributed by atoms with E-state index in [9.17, 15) is 0 Å². The number of aromatic nitrogens is 2. The van der Waals surface area contributed by atoms with Crippen LogP contribution in [0.1, 0.15) is 0 Å². The SMILES string of the molecule is Clc1ccc(OCCOc2ccc(-c3nnco3)cc2)c(Cl)c1. The average molecular weight is 351 g/mol. The summed E-state index contributed by atoms with van der Waals surface area (Å²) in [5.41, 5.74) is 0.832. The van der Waals surface area contributed by atoms with Gasteiger partial charge in [0.1, 0.15) is 24.7 Å². The van der Waals surface area contributed by atoms with Gasteiger partial charge < -0.3 is 13.9 Å². The van der Waals surface area contributed by atoms with Gasteiger partial charge in [0.25, 0.3) is 0 Å². The molecule has 1 heterocycles. The first-order chi connectivity index (χ1) is 11.2. The van der Waals surface area contributed by atoms with Gasteiger partial charge in [-0.25, -0.2) is 0 Å². The minimum absolute atomic E-state index is 0.368. The average Bonchev–Trinajstić information content (AvgIpc) is 3.08. The highest BCUT2D eigenvalue weighted by Gasteiger charge is 2.04. The zero-order valence-corrected chi connectivity index (χ0v) is 13.4. The Balaban J connectivity index is 1.49. The second kappa shape index (κ2) is 7.35. The van der Waals surface area contributed by atoms with Gasteiger partial charge >= 0.3 is 0 Å². The molecule has 3 rings (SSSR count). The summed E-state index contributed by atoms with van der Waals surface area (Å²) in [6, 6.07) is 12.4. The number of nitrogens with zero attached hydrogens (tertiary/aromatic N) is 2. The largest absolute Gasteiger partial charge is 0.490 e. The summed E-state index contributed by atoms with van der Waals surface area (Å²) >= 11 is 11.8. The van der Waals surface area contributed by atoms with Crippen molar-refractivity contribution in [1.82, 2.24) is 10.2 Å². The third-order valence-electron chi connectivity index (χ3n) is 2.96. The monoisotopic (exact) mass is 350 g/mol. The zero-order valence-electron chi connectivity index (χ0n) is 11.9. The summed E-state index contributed by atoms with van der Waals surface area (Å²) in [6.45, 7) is 0.756. The van der Waals surface area contributed by atoms with Crippen LogP contribution in [0.4, 0.5) is 0 Å². The number of hydrogen-bond donors (Lipinski definition) is 0. The first kappa shape index (κ1) is 15.6. The third kappa shape index (κ3) is 4.15. The van der Waals surface area contributed by atoms with Crippen LogP contribution in [0.25, 0.3) is 11.5 Å². The molecule has 0 saturated heterocycles. The van der Waals surface area contributed by atoms with Crippen molar-refractivity contribution >= 4 is 23.2 Å². The Morgan fingerprint density at radius 3 is 2.43 bits per heavy atom. The molecule has 0 aliphatic carbocycles. The fourth-order valence-electron chi connectivity index (χ4n) is 1.90. The van der Waals surface area contributed by atoms with Gasteiger partial charge in [0, 0.05) is 10.6 Å². The first-order valence-corrected chi connectivity index (χ1v) is 7.55. The van der Waals surface area contributed by atoms with Crippen LogP contribution in [0, 0.1) is 0 Å². The van der Waals surface area contributed by atoms with E-state index in [1.54, 1.807) is 18.2 Å². The first-order valence-electron chi connectivity index (χ1n) is 6.79. The molecule has 0 aliphatic heterocycles. The van der Waals surface area contributed by atoms with E-state index in [4.69, 9.17) is 37.1 Å². The standard InChI is InChI=1S/C16H12Cl2N2O3/c17-12-3-6-15(14(18)9-12)22-8-7-21-13-4-1-11(2-5-13)16-20-19-10-23-16/h1-6,9-10H,7-8H2. The van der Waals surface area contributed by atoms with E-state index in [0.717, 1.165) is 11.3 Å². The van der Waals surface area contributed by atoms with Crippen LogP contribution in [-0.2, 0) is 0 Å². The van der Waals surface area contributed by atoms with Gasteiger partial charge in [-0.2, -0.15) is 0 Å². The fourth-order valence-corrected chi connectivity index (χ4v) is 2.36. The van der Waals surface area contributed by atoms with Gasteiger partial charge in [-0.3, -0.25) is 0 Å². The maximum absolute atomic E-state index is 6.02. The normalized spacial score (nSPS) is 10.5. The molecule has 0 aliphatic rings. The molecule has 0 atom stereocenters. The fraction of sp³-hybridized carbons (Fsp3) is 0.125. The summed E-state index contributed by atoms with van der Waals surface area (Å²) in [5, 5.41) is 8.52. The Kier molecular flexibility index (Phi) is 5.00. The third-order valence-corrected chi connectivity index (χ3v) is 3.50. The summed E-state index contributed by atoms with van der Waals surface area (Å²) in [5.74, 6) is 1.77. The predicted molar refractivity (Wildman–Crippen MR) is 87.2 cm³/mol. The smallest absolute Gasteiger partial charge is 0.247 e. The lowest BCUT2D eigenvalue weighted by molar-refractivity contribution is 0.217. The van der Waals surface area contributed by atoms with Crippen LogP contribution in [0.15, 0.2) is 53.3 Å². The van der Waals surface area contributed by atoms with Gasteiger partial charge in [-0.15, -0.1) is 10.2 Å². The van der Waals surface area contributed by atoms with Gasteiger partial charge in [0.2, 0.25) is 12.3 Å². The highest BCUT2D eigenvalue weighted by molar-refractivity contribution is 6.35. The molecule has 1 aromatic heterocycles. The molecule has 0 amide bonds. The topological polar surface area (TPSA) is 57.4 Å². The Bertz CT molecular complexity index is 762. The predicted octanol–water partition coefficient (Wildman–Crippen LogP) is 4.50. The van der Waals surface area contributed by atoms with Crippen LogP contribution in [0.2, 0.25) is 10.0 Å². The number of halogens is 2. The van der Waals surface area contributed by atoms with E-state index >= 15 is 0 Å². The Hall–Kier alpha value is -2.24. The van der Waals surface area contributed by atoms with Crippen LogP contribution < -0.4 is 9.47 Å². The van der Waals surface area contributed by atoms with Crippen LogP contribution >= 0.6 is 23.2 Å². The lowest BCUT2D eigenvalue weighted by atomic mass is 10.2. The highest BCUT2D eigenvalue weighted by Crippen LogP contribution is 2.27. The molecule has 0 unspecified atom stereocenters. The van der Waals surface area contributed by atoms with E-state index in [1.165, 1.54) is 6.39 Å². The Morgan fingerprint density at radius 1 is 0.957 bits per heavy atom. The molecular formula is C16H12Cl2N2O3. The van der Waals surface area contributed by atoms with Crippen LogP contribution in [0.3, 0.4) is 0 Å². The number of rotatable bonds is 6. The Morgan fingerprint density at radius 2 is 1.74 bits per heavy atom. The van der Waals surface area contributed by atoms with Crippen molar-refractivity contribution in [3.63, 3.8) is 0 Å². The van der Waals surface area contributed by atoms with Crippen molar-refractivity contribution in [1.29, 1.82) is 0 Å². The molecular weight excluding hydrogens is 339 g/mol. The molecule has 0 radical (unpaired) electrons. The van der Waals surface area contributed by atoms with Crippen LogP contribution in [-0.4, -0.2) is 23.4 Å². The van der Waals surface area contributed by atoms with E-state index in [-0.39, 0.29) is 0 Å². The molecule has 0 saturated carbocycles. The Labute approximate surface area is 142 Å². The van der Waals surface area contributed by atoms with Crippen molar-refractivity contribution in [3.8, 4) is 23.0 Å². The van der Waals surface area contributed by atoms with Crippen molar-refractivity contribution < 1.29 is 13.9 Å². The maximum atomic E-state index is 6.02. The minimum Gasteiger partial charge on any atom is -0.490 e. The lowest BCUT2D eigenvalue weighted by Crippen LogP contribution is -2.09. The van der Waals surface area contributed by atoms with Gasteiger partial charge in [0.15, 0.2) is 0 Å². The summed E-state index contributed by atoms with van der Waals surface area (Å²) in [4.78, 5) is 0. The lowest BCUT2D eigenvalue weighted by Gasteiger charge is -2.10. The maximum Gasteiger partial charge on any atom is 0.247 e. The molecule has 0 N–H and O–H groups in total. The molecule has 5 nitrogen and oxygen atoms in total. The van der Waals surface area contributed by atoms with Crippen molar-refractivity contribution in [3.05, 3.63) is 58.9 Å². The minimum atomic E-state index is 0.368. The van der Waals surface area contributed by atoms with E-state index in [1.807, 2.05) is 24.3 Å². The molecule has 0 spiro atoms. The van der Waals surface area contributed by atoms with Gasteiger partial charge in [-0.1, -0.05) is 23.2 Å². The van der Waals surface area contributed by atoms with E-state index in [2.05, 4.69) is 10.2 Å². The second-order valence-corrected chi connectivity index (χ2v) is 5.38. The van der Waals surface area contributed by atoms with Crippen molar-refractivity contribution in [2.45, 2.75) is 0 Å². The summed E-state index contributed by atoms with van der Waals surface area (Å²) < 4.78 is 16.3. The van der Waals surface area contributed by atoms with E-state index in [0.29, 0.717) is 34.9 Å². The second-order valence-electron chi connectivity index (χ2n) is 4.54. The molecule has 118 valence electrons. The zero-order chi connectivity index (χ0) is 16.1. The molecule has 23 heavy (non-hydrogen) atoms. The number of ether oxygens (including phenoxy) is 2. The van der Waals surface area contributed by atoms with E-state index < -0.39 is 0 Å². The molecule has 7 heteroatoms. The molecule has 0 fully saturated rings.